The number of carbonyl (C=O) groups excluding carboxylic acids is 2. The third-order valence-corrected chi connectivity index (χ3v) is 10.0. The molecule has 8 nitrogen and oxygen atoms in total. The van der Waals surface area contributed by atoms with Crippen LogP contribution in [0.3, 0.4) is 0 Å². The number of halogens is 2. The van der Waals surface area contributed by atoms with E-state index in [0.29, 0.717) is 74.3 Å². The molecule has 48 heavy (non-hydrogen) atoms. The largest absolute Gasteiger partial charge is 0.485 e. The van der Waals surface area contributed by atoms with Gasteiger partial charge in [0, 0.05) is 63.6 Å². The zero-order valence-corrected chi connectivity index (χ0v) is 27.9. The average Bonchev–Trinajstić information content (AvgIpc) is 3.61. The predicted octanol–water partition coefficient (Wildman–Crippen LogP) is 6.83. The number of carbonyl (C=O) groups is 2. The van der Waals surface area contributed by atoms with Gasteiger partial charge in [-0.25, -0.2) is 13.8 Å². The van der Waals surface area contributed by atoms with E-state index in [9.17, 15) is 14.0 Å². The summed E-state index contributed by atoms with van der Waals surface area (Å²) in [6.45, 7) is 8.54. The highest BCUT2D eigenvalue weighted by molar-refractivity contribution is 5.77. The monoisotopic (exact) mass is 661 g/mol. The van der Waals surface area contributed by atoms with Crippen LogP contribution in [0.1, 0.15) is 68.1 Å². The molecule has 1 atom stereocenters. The molecule has 3 fully saturated rings. The molecule has 3 aromatic rings. The number of esters is 1. The van der Waals surface area contributed by atoms with Gasteiger partial charge in [0.2, 0.25) is 5.91 Å². The summed E-state index contributed by atoms with van der Waals surface area (Å²) in [5, 5.41) is 0. The fourth-order valence-corrected chi connectivity index (χ4v) is 7.15. The van der Waals surface area contributed by atoms with Crippen molar-refractivity contribution < 1.29 is 32.6 Å². The quantitative estimate of drug-likeness (QED) is 0.221. The maximum atomic E-state index is 15.3. The second-order valence-electron chi connectivity index (χ2n) is 13.2. The number of piperidine rings is 2. The molecule has 0 spiro atoms. The van der Waals surface area contributed by atoms with E-state index in [1.54, 1.807) is 19.2 Å². The summed E-state index contributed by atoms with van der Waals surface area (Å²) >= 11 is 0. The van der Waals surface area contributed by atoms with Gasteiger partial charge in [-0.2, -0.15) is 0 Å². The second kappa shape index (κ2) is 15.4. The van der Waals surface area contributed by atoms with Gasteiger partial charge in [0.1, 0.15) is 18.2 Å². The van der Waals surface area contributed by atoms with Gasteiger partial charge < -0.3 is 24.0 Å². The highest BCUT2D eigenvalue weighted by Gasteiger charge is 2.28. The minimum Gasteiger partial charge on any atom is -0.485 e. The lowest BCUT2D eigenvalue weighted by atomic mass is 9.87. The molecule has 0 aliphatic carbocycles. The lowest BCUT2D eigenvalue weighted by Gasteiger charge is -2.33. The van der Waals surface area contributed by atoms with E-state index in [4.69, 9.17) is 14.2 Å². The van der Waals surface area contributed by atoms with Crippen molar-refractivity contribution in [2.45, 2.75) is 64.9 Å². The summed E-state index contributed by atoms with van der Waals surface area (Å²) in [5.41, 5.74) is 4.09. The van der Waals surface area contributed by atoms with Crippen molar-refractivity contribution in [3.05, 3.63) is 77.0 Å². The van der Waals surface area contributed by atoms with E-state index in [-0.39, 0.29) is 30.2 Å². The minimum absolute atomic E-state index is 0.0146. The Balaban J connectivity index is 1.09. The SMILES string of the molecule is CCOC(=O)C1CCN(c2cc(-c3cc(F)cc(F)c3OCc3ccc(C4CCN(C(=O)CC5CCOC5)CC4)cc3C)ccn2)CC1. The summed E-state index contributed by atoms with van der Waals surface area (Å²) in [6.07, 6.45) is 6.32. The van der Waals surface area contributed by atoms with Crippen LogP contribution in [0.4, 0.5) is 14.6 Å². The standard InChI is InChI=1S/C38H45F2N3O5/c1-3-47-38(45)28-9-13-42(14-10-28)35-20-30(6-12-41-35)33-21-32(39)22-34(40)37(33)48-24-31-5-4-29(18-25(31)2)27-7-15-43(16-8-27)36(44)19-26-11-17-46-23-26/h4-6,12,18,20-22,26-28H,3,7-11,13-17,19,23-24H2,1-2H3. The summed E-state index contributed by atoms with van der Waals surface area (Å²) < 4.78 is 46.5. The molecule has 4 heterocycles. The molecule has 0 saturated carbocycles. The number of likely N-dealkylation sites (tertiary alicyclic amines) is 1. The third-order valence-electron chi connectivity index (χ3n) is 10.0. The first-order valence-electron chi connectivity index (χ1n) is 17.2. The molecule has 0 bridgehead atoms. The summed E-state index contributed by atoms with van der Waals surface area (Å²) in [7, 11) is 0. The zero-order chi connectivity index (χ0) is 33.6. The summed E-state index contributed by atoms with van der Waals surface area (Å²) in [4.78, 5) is 33.5. The smallest absolute Gasteiger partial charge is 0.309 e. The topological polar surface area (TPSA) is 81.2 Å². The van der Waals surface area contributed by atoms with Gasteiger partial charge in [-0.15, -0.1) is 0 Å². The van der Waals surface area contributed by atoms with E-state index >= 15 is 4.39 Å². The highest BCUT2D eigenvalue weighted by atomic mass is 19.1. The molecular weight excluding hydrogens is 616 g/mol. The fourth-order valence-electron chi connectivity index (χ4n) is 7.15. The number of benzene rings is 2. The van der Waals surface area contributed by atoms with Crippen LogP contribution in [-0.2, 0) is 25.7 Å². The van der Waals surface area contributed by atoms with Crippen LogP contribution in [0.5, 0.6) is 5.75 Å². The molecule has 3 aliphatic heterocycles. The molecule has 10 heteroatoms. The number of anilines is 1. The van der Waals surface area contributed by atoms with Gasteiger partial charge in [-0.1, -0.05) is 18.2 Å². The van der Waals surface area contributed by atoms with Crippen molar-refractivity contribution in [1.82, 2.24) is 9.88 Å². The van der Waals surface area contributed by atoms with Crippen LogP contribution in [0, 0.1) is 30.4 Å². The number of rotatable bonds is 10. The average molecular weight is 662 g/mol. The minimum atomic E-state index is -0.769. The van der Waals surface area contributed by atoms with E-state index < -0.39 is 11.6 Å². The Hall–Kier alpha value is -4.05. The maximum absolute atomic E-state index is 15.3. The van der Waals surface area contributed by atoms with Gasteiger partial charge in [0.25, 0.3) is 0 Å². The van der Waals surface area contributed by atoms with E-state index in [1.807, 2.05) is 24.0 Å². The van der Waals surface area contributed by atoms with E-state index in [0.717, 1.165) is 56.2 Å². The van der Waals surface area contributed by atoms with Crippen molar-refractivity contribution in [3.8, 4) is 16.9 Å². The number of amides is 1. The molecule has 256 valence electrons. The van der Waals surface area contributed by atoms with Gasteiger partial charge >= 0.3 is 5.97 Å². The normalized spacial score (nSPS) is 19.0. The first-order valence-corrected chi connectivity index (χ1v) is 17.2. The fraction of sp³-hybridized carbons (Fsp3) is 0.500. The van der Waals surface area contributed by atoms with E-state index in [2.05, 4.69) is 22.0 Å². The van der Waals surface area contributed by atoms with Crippen molar-refractivity contribution >= 4 is 17.7 Å². The first kappa shape index (κ1) is 33.8. The van der Waals surface area contributed by atoms with Crippen molar-refractivity contribution in [1.29, 1.82) is 0 Å². The summed E-state index contributed by atoms with van der Waals surface area (Å²) in [6, 6.07) is 12.0. The molecule has 0 radical (unpaired) electrons. The lowest BCUT2D eigenvalue weighted by Crippen LogP contribution is -2.38. The molecule has 1 unspecified atom stereocenters. The van der Waals surface area contributed by atoms with Crippen LogP contribution in [-0.4, -0.2) is 67.8 Å². The van der Waals surface area contributed by atoms with Crippen LogP contribution >= 0.6 is 0 Å². The Kier molecular flexibility index (Phi) is 10.9. The summed E-state index contributed by atoms with van der Waals surface area (Å²) in [5.74, 6) is -0.143. The lowest BCUT2D eigenvalue weighted by molar-refractivity contribution is -0.148. The number of aryl methyl sites for hydroxylation is 1. The van der Waals surface area contributed by atoms with Gasteiger partial charge in [0.05, 0.1) is 12.5 Å². The molecule has 3 aliphatic rings. The number of aromatic nitrogens is 1. The van der Waals surface area contributed by atoms with Crippen molar-refractivity contribution in [3.63, 3.8) is 0 Å². The molecule has 1 amide bonds. The van der Waals surface area contributed by atoms with Crippen LogP contribution in [0.25, 0.3) is 11.1 Å². The number of ether oxygens (including phenoxy) is 3. The number of hydrogen-bond donors (Lipinski definition) is 0. The predicted molar refractivity (Wildman–Crippen MR) is 179 cm³/mol. The van der Waals surface area contributed by atoms with Crippen LogP contribution < -0.4 is 9.64 Å². The number of hydrogen-bond acceptors (Lipinski definition) is 7. The molecule has 0 N–H and O–H groups in total. The van der Waals surface area contributed by atoms with Crippen molar-refractivity contribution in [2.75, 3.05) is 50.9 Å². The molecule has 6 rings (SSSR count). The second-order valence-corrected chi connectivity index (χ2v) is 13.2. The van der Waals surface area contributed by atoms with Crippen molar-refractivity contribution in [2.24, 2.45) is 11.8 Å². The van der Waals surface area contributed by atoms with Crippen LogP contribution in [0.2, 0.25) is 0 Å². The first-order chi connectivity index (χ1) is 23.3. The highest BCUT2D eigenvalue weighted by Crippen LogP contribution is 2.37. The Bertz CT molecular complexity index is 1600. The maximum Gasteiger partial charge on any atom is 0.309 e. The van der Waals surface area contributed by atoms with Gasteiger partial charge in [-0.05, 0) is 98.2 Å². The third kappa shape index (κ3) is 7.97. The molecule has 1 aromatic heterocycles. The van der Waals surface area contributed by atoms with Crippen LogP contribution in [0.15, 0.2) is 48.7 Å². The molecular formula is C38H45F2N3O5. The van der Waals surface area contributed by atoms with E-state index in [1.165, 1.54) is 11.6 Å². The number of pyridine rings is 1. The zero-order valence-electron chi connectivity index (χ0n) is 27.9. The van der Waals surface area contributed by atoms with Gasteiger partial charge in [0.15, 0.2) is 11.6 Å². The number of nitrogens with zero attached hydrogens (tertiary/aromatic N) is 3. The molecule has 2 aromatic carbocycles. The Labute approximate surface area is 281 Å². The Morgan fingerprint density at radius 2 is 1.77 bits per heavy atom. The Morgan fingerprint density at radius 3 is 2.48 bits per heavy atom. The van der Waals surface area contributed by atoms with Gasteiger partial charge in [-0.3, -0.25) is 9.59 Å². The Morgan fingerprint density at radius 1 is 0.979 bits per heavy atom. The molecule has 3 saturated heterocycles.